The Morgan fingerprint density at radius 3 is 2.41 bits per heavy atom. The monoisotopic (exact) mass is 236 g/mol. The molecule has 0 saturated heterocycles. The van der Waals surface area contributed by atoms with Crippen LogP contribution in [0.25, 0.3) is 0 Å². The smallest absolute Gasteiger partial charge is 0.124 e. The van der Waals surface area contributed by atoms with Crippen LogP contribution in [-0.2, 0) is 0 Å². The highest BCUT2D eigenvalue weighted by atomic mass is 16.5. The Morgan fingerprint density at radius 2 is 1.88 bits per heavy atom. The van der Waals surface area contributed by atoms with E-state index in [-0.39, 0.29) is 12.2 Å². The van der Waals surface area contributed by atoms with Crippen molar-refractivity contribution in [3.63, 3.8) is 0 Å². The zero-order valence-electron chi connectivity index (χ0n) is 11.4. The van der Waals surface area contributed by atoms with Gasteiger partial charge in [-0.2, -0.15) is 0 Å². The summed E-state index contributed by atoms with van der Waals surface area (Å²) >= 11 is 0. The van der Waals surface area contributed by atoms with Crippen LogP contribution in [0.5, 0.6) is 5.75 Å². The molecule has 2 atom stereocenters. The number of aryl methyl sites for hydroxylation is 2. The van der Waals surface area contributed by atoms with Gasteiger partial charge in [-0.25, -0.2) is 0 Å². The lowest BCUT2D eigenvalue weighted by molar-refractivity contribution is 0.0284. The molecule has 0 aliphatic carbocycles. The lowest BCUT2D eigenvalue weighted by atomic mass is 10.1. The van der Waals surface area contributed by atoms with Gasteiger partial charge in [-0.1, -0.05) is 26.3 Å². The summed E-state index contributed by atoms with van der Waals surface area (Å²) in [6, 6.07) is 6.07. The molecule has 0 radical (unpaired) electrons. The van der Waals surface area contributed by atoms with Crippen LogP contribution >= 0.6 is 0 Å². The van der Waals surface area contributed by atoms with Crippen molar-refractivity contribution in [1.29, 1.82) is 0 Å². The van der Waals surface area contributed by atoms with E-state index >= 15 is 0 Å². The second-order valence-electron chi connectivity index (χ2n) is 4.67. The first-order chi connectivity index (χ1) is 8.08. The topological polar surface area (TPSA) is 29.5 Å². The first-order valence-electron chi connectivity index (χ1n) is 6.50. The molecule has 2 unspecified atom stereocenters. The molecule has 0 aliphatic rings. The van der Waals surface area contributed by atoms with Crippen LogP contribution < -0.4 is 4.74 Å². The van der Waals surface area contributed by atoms with Crippen LogP contribution in [-0.4, -0.2) is 17.3 Å². The molecule has 2 nitrogen and oxygen atoms in total. The molecule has 2 heteroatoms. The maximum absolute atomic E-state index is 9.97. The van der Waals surface area contributed by atoms with Gasteiger partial charge < -0.3 is 9.84 Å². The molecule has 0 heterocycles. The fourth-order valence-electron chi connectivity index (χ4n) is 1.88. The van der Waals surface area contributed by atoms with Gasteiger partial charge in [0.25, 0.3) is 0 Å². The van der Waals surface area contributed by atoms with Crippen molar-refractivity contribution in [1.82, 2.24) is 0 Å². The van der Waals surface area contributed by atoms with Crippen molar-refractivity contribution >= 4 is 0 Å². The molecule has 0 aliphatic heterocycles. The zero-order chi connectivity index (χ0) is 12.8. The lowest BCUT2D eigenvalue weighted by Gasteiger charge is -2.23. The minimum Gasteiger partial charge on any atom is -0.488 e. The predicted octanol–water partition coefficient (Wildman–Crippen LogP) is 3.62. The summed E-state index contributed by atoms with van der Waals surface area (Å²) in [5, 5.41) is 9.97. The van der Waals surface area contributed by atoms with Crippen LogP contribution in [0.4, 0.5) is 0 Å². The van der Waals surface area contributed by atoms with E-state index in [4.69, 9.17) is 4.74 Å². The summed E-state index contributed by atoms with van der Waals surface area (Å²) < 4.78 is 5.86. The molecule has 0 spiro atoms. The number of hydrogen-bond donors (Lipinski definition) is 1. The molecule has 17 heavy (non-hydrogen) atoms. The van der Waals surface area contributed by atoms with Crippen LogP contribution in [0.3, 0.4) is 0 Å². The lowest BCUT2D eigenvalue weighted by Crippen LogP contribution is -2.31. The second-order valence-corrected chi connectivity index (χ2v) is 4.67. The van der Waals surface area contributed by atoms with E-state index in [9.17, 15) is 5.11 Å². The van der Waals surface area contributed by atoms with Gasteiger partial charge in [0, 0.05) is 0 Å². The van der Waals surface area contributed by atoms with Crippen LogP contribution in [0.1, 0.15) is 44.2 Å². The van der Waals surface area contributed by atoms with E-state index in [1.54, 1.807) is 0 Å². The zero-order valence-corrected chi connectivity index (χ0v) is 11.4. The molecule has 0 bridgehead atoms. The predicted molar refractivity (Wildman–Crippen MR) is 71.5 cm³/mol. The maximum atomic E-state index is 9.97. The first-order valence-corrected chi connectivity index (χ1v) is 6.50. The molecule has 96 valence electrons. The highest BCUT2D eigenvalue weighted by Gasteiger charge is 2.18. The summed E-state index contributed by atoms with van der Waals surface area (Å²) in [6.45, 7) is 8.28. The first kappa shape index (κ1) is 14.0. The average molecular weight is 236 g/mol. The Kier molecular flexibility index (Phi) is 5.49. The molecule has 0 saturated carbocycles. The molecule has 1 N–H and O–H groups in total. The van der Waals surface area contributed by atoms with E-state index in [0.29, 0.717) is 0 Å². The summed E-state index contributed by atoms with van der Waals surface area (Å²) in [5.41, 5.74) is 2.49. The minimum absolute atomic E-state index is 0.0999. The van der Waals surface area contributed by atoms with Gasteiger partial charge in [0.2, 0.25) is 0 Å². The highest BCUT2D eigenvalue weighted by molar-refractivity contribution is 5.33. The van der Waals surface area contributed by atoms with Crippen LogP contribution in [0.15, 0.2) is 18.2 Å². The SMILES string of the molecule is CCCC(O)C(CC)Oc1ccc(C)c(C)c1. The third-order valence-corrected chi connectivity index (χ3v) is 3.18. The number of rotatable bonds is 6. The van der Waals surface area contributed by atoms with Crippen molar-refractivity contribution in [2.75, 3.05) is 0 Å². The summed E-state index contributed by atoms with van der Waals surface area (Å²) in [4.78, 5) is 0. The van der Waals surface area contributed by atoms with Crippen molar-refractivity contribution in [2.45, 2.75) is 59.2 Å². The van der Waals surface area contributed by atoms with Gasteiger partial charge in [-0.3, -0.25) is 0 Å². The largest absolute Gasteiger partial charge is 0.488 e. The highest BCUT2D eigenvalue weighted by Crippen LogP contribution is 2.20. The van der Waals surface area contributed by atoms with Gasteiger partial charge in [-0.15, -0.1) is 0 Å². The van der Waals surface area contributed by atoms with Gasteiger partial charge in [-0.05, 0) is 49.9 Å². The van der Waals surface area contributed by atoms with Gasteiger partial charge in [0.05, 0.1) is 6.10 Å². The summed E-state index contributed by atoms with van der Waals surface area (Å²) in [6.07, 6.45) is 2.13. The molecule has 1 rings (SSSR count). The number of ether oxygens (including phenoxy) is 1. The fourth-order valence-corrected chi connectivity index (χ4v) is 1.88. The second kappa shape index (κ2) is 6.65. The molecule has 0 aromatic heterocycles. The Morgan fingerprint density at radius 1 is 1.18 bits per heavy atom. The van der Waals surface area contributed by atoms with E-state index in [2.05, 4.69) is 26.8 Å². The normalized spacial score (nSPS) is 14.4. The summed E-state index contributed by atoms with van der Waals surface area (Å²) in [5.74, 6) is 0.857. The fraction of sp³-hybridized carbons (Fsp3) is 0.600. The van der Waals surface area contributed by atoms with Crippen LogP contribution in [0.2, 0.25) is 0 Å². The quantitative estimate of drug-likeness (QED) is 0.817. The Hall–Kier alpha value is -1.02. The Labute approximate surface area is 105 Å². The number of hydrogen-bond acceptors (Lipinski definition) is 2. The maximum Gasteiger partial charge on any atom is 0.124 e. The third-order valence-electron chi connectivity index (χ3n) is 3.18. The van der Waals surface area contributed by atoms with E-state index in [0.717, 1.165) is 25.0 Å². The Balaban J connectivity index is 2.70. The minimum atomic E-state index is -0.369. The standard InChI is InChI=1S/C15H24O2/c1-5-7-14(16)15(6-2)17-13-9-8-11(3)12(4)10-13/h8-10,14-16H,5-7H2,1-4H3. The van der Waals surface area contributed by atoms with E-state index in [1.807, 2.05) is 19.1 Å². The molecule has 1 aromatic carbocycles. The van der Waals surface area contributed by atoms with Gasteiger partial charge in [0.1, 0.15) is 11.9 Å². The van der Waals surface area contributed by atoms with Crippen molar-refractivity contribution < 1.29 is 9.84 Å². The van der Waals surface area contributed by atoms with Crippen molar-refractivity contribution in [2.24, 2.45) is 0 Å². The number of aliphatic hydroxyl groups excluding tert-OH is 1. The van der Waals surface area contributed by atoms with Gasteiger partial charge in [0.15, 0.2) is 0 Å². The molecule has 0 fully saturated rings. The third kappa shape index (κ3) is 4.04. The van der Waals surface area contributed by atoms with E-state index in [1.165, 1.54) is 11.1 Å². The molecule has 1 aromatic rings. The van der Waals surface area contributed by atoms with Gasteiger partial charge >= 0.3 is 0 Å². The number of benzene rings is 1. The van der Waals surface area contributed by atoms with E-state index < -0.39 is 0 Å². The average Bonchev–Trinajstić information content (AvgIpc) is 2.30. The number of aliphatic hydroxyl groups is 1. The molecular formula is C15H24O2. The molecule has 0 amide bonds. The van der Waals surface area contributed by atoms with Crippen molar-refractivity contribution in [3.8, 4) is 5.75 Å². The summed E-state index contributed by atoms with van der Waals surface area (Å²) in [7, 11) is 0. The Bertz CT molecular complexity index is 347. The molecular weight excluding hydrogens is 212 g/mol. The van der Waals surface area contributed by atoms with Crippen LogP contribution in [0, 0.1) is 13.8 Å². The van der Waals surface area contributed by atoms with Crippen molar-refractivity contribution in [3.05, 3.63) is 29.3 Å².